The molecule has 0 bridgehead atoms. The minimum absolute atomic E-state index is 0.00569. The van der Waals surface area contributed by atoms with Gasteiger partial charge in [-0.05, 0) is 0 Å². The number of allylic oxidation sites excluding steroid dienone is 4. The Morgan fingerprint density at radius 2 is 0.857 bits per heavy atom. The summed E-state index contributed by atoms with van der Waals surface area (Å²) >= 11 is -3.53. The Hall–Kier alpha value is -2.06. The van der Waals surface area contributed by atoms with Gasteiger partial charge >= 0.3 is 174 Å². The Balaban J connectivity index is 2.21. The Labute approximate surface area is 173 Å². The normalized spacial score (nSPS) is 15.7. The first-order valence-electron chi connectivity index (χ1n) is 10.1. The van der Waals surface area contributed by atoms with Crippen molar-refractivity contribution < 1.29 is 0 Å². The molecule has 0 aliphatic heterocycles. The maximum absolute atomic E-state index is 3.53. The van der Waals surface area contributed by atoms with Gasteiger partial charge in [0.1, 0.15) is 0 Å². The molecule has 4 rings (SSSR count). The molecule has 3 aromatic rings. The van der Waals surface area contributed by atoms with Gasteiger partial charge in [0.2, 0.25) is 0 Å². The fourth-order valence-electron chi connectivity index (χ4n) is 5.06. The van der Waals surface area contributed by atoms with Crippen LogP contribution in [-0.4, -0.2) is 18.4 Å². The molecule has 3 aromatic carbocycles. The van der Waals surface area contributed by atoms with Crippen molar-refractivity contribution in [1.29, 1.82) is 0 Å². The standard InChI is InChI=1S/C9H13.3C6H5.Sn/c1-9(2,3)8-6-4-5-7-8;3*1-2-4-6-5-3-1;/h4-7H,1-3H3;3*1-5H;. The molecule has 0 N–H and O–H groups in total. The molecule has 0 nitrogen and oxygen atoms in total. The molecule has 28 heavy (non-hydrogen) atoms. The summed E-state index contributed by atoms with van der Waals surface area (Å²) in [6.45, 7) is 7.23. The molecular formula is C27H28Sn. The molecule has 0 spiro atoms. The third-order valence-corrected chi connectivity index (χ3v) is 23.2. The number of hydrogen-bond donors (Lipinski definition) is 0. The maximum atomic E-state index is 2.51. The predicted molar refractivity (Wildman–Crippen MR) is 124 cm³/mol. The fraction of sp³-hybridized carbons (Fsp3) is 0.185. The van der Waals surface area contributed by atoms with Gasteiger partial charge < -0.3 is 0 Å². The Morgan fingerprint density at radius 1 is 0.536 bits per heavy atom. The SMILES string of the molecule is CC(C)(C)[C]1([Sn]([c]2ccccc2)([c]2ccccc2)[c]2ccccc2)C=CC=C1. The van der Waals surface area contributed by atoms with Crippen LogP contribution in [-0.2, 0) is 0 Å². The molecule has 1 aliphatic rings. The average Bonchev–Trinajstić information content (AvgIpc) is 3.23. The van der Waals surface area contributed by atoms with Gasteiger partial charge in [0, 0.05) is 0 Å². The summed E-state index contributed by atoms with van der Waals surface area (Å²) < 4.78 is 4.59. The molecule has 0 radical (unpaired) electrons. The van der Waals surface area contributed by atoms with Gasteiger partial charge in [-0.2, -0.15) is 0 Å². The van der Waals surface area contributed by atoms with Crippen LogP contribution in [0.3, 0.4) is 0 Å². The van der Waals surface area contributed by atoms with E-state index in [0.29, 0.717) is 0 Å². The zero-order chi connectivity index (χ0) is 19.7. The van der Waals surface area contributed by atoms with Crippen molar-refractivity contribution in [2.24, 2.45) is 5.41 Å². The van der Waals surface area contributed by atoms with E-state index in [0.717, 1.165) is 0 Å². The summed E-state index contributed by atoms with van der Waals surface area (Å²) in [5.74, 6) is 0. The minimum atomic E-state index is -3.53. The van der Waals surface area contributed by atoms with Crippen molar-refractivity contribution in [1.82, 2.24) is 0 Å². The van der Waals surface area contributed by atoms with E-state index in [1.54, 1.807) is 0 Å². The molecule has 140 valence electrons. The van der Waals surface area contributed by atoms with Crippen molar-refractivity contribution in [3.8, 4) is 0 Å². The van der Waals surface area contributed by atoms with Crippen molar-refractivity contribution >= 4 is 29.1 Å². The summed E-state index contributed by atoms with van der Waals surface area (Å²) in [7, 11) is 0. The van der Waals surface area contributed by atoms with Crippen LogP contribution in [0.25, 0.3) is 0 Å². The summed E-state index contributed by atoms with van der Waals surface area (Å²) in [5.41, 5.74) is 0.0914. The van der Waals surface area contributed by atoms with E-state index in [1.165, 1.54) is 10.7 Å². The molecule has 0 saturated heterocycles. The van der Waals surface area contributed by atoms with Crippen LogP contribution in [0, 0.1) is 5.41 Å². The second-order valence-corrected chi connectivity index (χ2v) is 20.3. The van der Waals surface area contributed by atoms with Gasteiger partial charge in [0.05, 0.1) is 0 Å². The first-order chi connectivity index (χ1) is 13.5. The van der Waals surface area contributed by atoms with Gasteiger partial charge in [0.25, 0.3) is 0 Å². The van der Waals surface area contributed by atoms with Crippen molar-refractivity contribution in [2.75, 3.05) is 0 Å². The number of hydrogen-bond acceptors (Lipinski definition) is 0. The van der Waals surface area contributed by atoms with E-state index in [4.69, 9.17) is 0 Å². The molecule has 0 fully saturated rings. The molecule has 0 heterocycles. The van der Waals surface area contributed by atoms with Crippen molar-refractivity contribution in [3.05, 3.63) is 115 Å². The van der Waals surface area contributed by atoms with Crippen LogP contribution in [0.2, 0.25) is 3.43 Å². The van der Waals surface area contributed by atoms with E-state index in [9.17, 15) is 0 Å². The molecular weight excluding hydrogens is 443 g/mol. The Morgan fingerprint density at radius 3 is 1.14 bits per heavy atom. The number of rotatable bonds is 4. The van der Waals surface area contributed by atoms with Crippen LogP contribution in [0.5, 0.6) is 0 Å². The second kappa shape index (κ2) is 7.40. The van der Waals surface area contributed by atoms with Gasteiger partial charge in [-0.25, -0.2) is 0 Å². The third kappa shape index (κ3) is 2.81. The van der Waals surface area contributed by atoms with Crippen molar-refractivity contribution in [2.45, 2.75) is 24.2 Å². The monoisotopic (exact) mass is 472 g/mol. The molecule has 1 aliphatic carbocycles. The fourth-order valence-corrected chi connectivity index (χ4v) is 23.1. The quantitative estimate of drug-likeness (QED) is 0.467. The number of benzene rings is 3. The van der Waals surface area contributed by atoms with Crippen LogP contribution in [0.4, 0.5) is 0 Å². The Kier molecular flexibility index (Phi) is 5.09. The molecule has 0 unspecified atom stereocenters. The predicted octanol–water partition coefficient (Wildman–Crippen LogP) is 5.07. The summed E-state index contributed by atoms with van der Waals surface area (Å²) in [5, 5.41) is 0. The van der Waals surface area contributed by atoms with Gasteiger partial charge in [-0.3, -0.25) is 0 Å². The summed E-state index contributed by atoms with van der Waals surface area (Å²) in [4.78, 5) is 0. The van der Waals surface area contributed by atoms with Crippen LogP contribution >= 0.6 is 0 Å². The zero-order valence-corrected chi connectivity index (χ0v) is 19.8. The van der Waals surface area contributed by atoms with Crippen molar-refractivity contribution in [3.63, 3.8) is 0 Å². The van der Waals surface area contributed by atoms with E-state index < -0.39 is 18.4 Å². The second-order valence-electron chi connectivity index (χ2n) is 8.69. The summed E-state index contributed by atoms with van der Waals surface area (Å²) in [6, 6.07) is 34.0. The molecule has 0 amide bonds. The van der Waals surface area contributed by atoms with Crippen LogP contribution in [0.1, 0.15) is 20.8 Å². The first-order valence-corrected chi connectivity index (χ1v) is 15.8. The first kappa shape index (κ1) is 19.3. The topological polar surface area (TPSA) is 0 Å². The molecule has 0 atom stereocenters. The van der Waals surface area contributed by atoms with E-state index in [1.807, 2.05) is 0 Å². The molecule has 0 saturated carbocycles. The summed E-state index contributed by atoms with van der Waals surface area (Å²) in [6.07, 6.45) is 9.56. The zero-order valence-electron chi connectivity index (χ0n) is 17.0. The van der Waals surface area contributed by atoms with E-state index in [-0.39, 0.29) is 8.85 Å². The van der Waals surface area contributed by atoms with E-state index in [2.05, 4.69) is 136 Å². The van der Waals surface area contributed by atoms with Crippen LogP contribution < -0.4 is 10.7 Å². The van der Waals surface area contributed by atoms with Gasteiger partial charge in [-0.15, -0.1) is 0 Å². The average molecular weight is 471 g/mol. The third-order valence-electron chi connectivity index (χ3n) is 6.31. The van der Waals surface area contributed by atoms with Crippen LogP contribution in [0.15, 0.2) is 115 Å². The van der Waals surface area contributed by atoms with Gasteiger partial charge in [0.15, 0.2) is 0 Å². The molecule has 1 heteroatoms. The van der Waals surface area contributed by atoms with Gasteiger partial charge in [-0.1, -0.05) is 0 Å². The Bertz CT molecular complexity index is 868. The van der Waals surface area contributed by atoms with E-state index >= 15 is 0 Å². The molecule has 0 aromatic heterocycles.